The molecular weight excluding hydrogens is 293 g/mol. The molecule has 4 nitrogen and oxygen atoms in total. The van der Waals surface area contributed by atoms with E-state index in [1.807, 2.05) is 0 Å². The van der Waals surface area contributed by atoms with Crippen molar-refractivity contribution in [3.8, 4) is 0 Å². The van der Waals surface area contributed by atoms with Crippen LogP contribution in [0.1, 0.15) is 51.7 Å². The molecule has 0 aromatic heterocycles. The Morgan fingerprint density at radius 2 is 2.04 bits per heavy atom. The number of halogens is 1. The molecule has 130 valence electrons. The van der Waals surface area contributed by atoms with Gasteiger partial charge in [0.05, 0.1) is 6.61 Å². The van der Waals surface area contributed by atoms with Crippen LogP contribution in [0.5, 0.6) is 0 Å². The van der Waals surface area contributed by atoms with Crippen molar-refractivity contribution in [2.75, 3.05) is 7.05 Å². The van der Waals surface area contributed by atoms with Gasteiger partial charge in [-0.25, -0.2) is 4.39 Å². The molecule has 3 N–H and O–H groups in total. The Morgan fingerprint density at radius 1 is 1.35 bits per heavy atom. The van der Waals surface area contributed by atoms with E-state index in [1.165, 1.54) is 6.07 Å². The second kappa shape index (κ2) is 8.87. The fraction of sp³-hybridized carbons (Fsp3) is 0.611. The van der Waals surface area contributed by atoms with Crippen LogP contribution in [0.2, 0.25) is 0 Å². The molecule has 0 fully saturated rings. The Bertz CT molecular complexity index is 523. The van der Waals surface area contributed by atoms with Crippen molar-refractivity contribution < 1.29 is 9.50 Å². The molecule has 5 heteroatoms. The Hall–Kier alpha value is -1.62. The largest absolute Gasteiger partial charge is 0.392 e. The summed E-state index contributed by atoms with van der Waals surface area (Å²) in [6.07, 6.45) is 2.20. The van der Waals surface area contributed by atoms with Gasteiger partial charge in [0.25, 0.3) is 0 Å². The number of aliphatic imine (C=N–C) groups is 1. The SMILES string of the molecule is CN=C(NCc1ccc(F)c(CO)c1)NC(C)CCC(C)(C)C. The van der Waals surface area contributed by atoms with Crippen LogP contribution in [-0.4, -0.2) is 24.2 Å². The van der Waals surface area contributed by atoms with Gasteiger partial charge in [-0.3, -0.25) is 4.99 Å². The second-order valence-corrected chi connectivity index (χ2v) is 7.15. The Kier molecular flexibility index (Phi) is 7.49. The molecule has 1 atom stereocenters. The zero-order valence-electron chi connectivity index (χ0n) is 14.9. The number of benzene rings is 1. The lowest BCUT2D eigenvalue weighted by atomic mass is 9.89. The maximum absolute atomic E-state index is 13.4. The number of nitrogens with zero attached hydrogens (tertiary/aromatic N) is 1. The van der Waals surface area contributed by atoms with E-state index >= 15 is 0 Å². The predicted octanol–water partition coefficient (Wildman–Crippen LogP) is 3.20. The van der Waals surface area contributed by atoms with Gasteiger partial charge in [-0.05, 0) is 42.9 Å². The van der Waals surface area contributed by atoms with Crippen molar-refractivity contribution in [3.05, 3.63) is 35.1 Å². The highest BCUT2D eigenvalue weighted by molar-refractivity contribution is 5.79. The highest BCUT2D eigenvalue weighted by Gasteiger charge is 2.13. The number of aliphatic hydroxyl groups excluding tert-OH is 1. The van der Waals surface area contributed by atoms with Crippen LogP contribution in [0.25, 0.3) is 0 Å². The molecular formula is C18H30FN3O. The molecule has 0 saturated heterocycles. The van der Waals surface area contributed by atoms with E-state index in [-0.39, 0.29) is 12.4 Å². The fourth-order valence-electron chi connectivity index (χ4n) is 2.19. The summed E-state index contributed by atoms with van der Waals surface area (Å²) in [5, 5.41) is 15.7. The molecule has 1 aromatic carbocycles. The van der Waals surface area contributed by atoms with E-state index in [0.29, 0.717) is 23.6 Å². The molecule has 0 amide bonds. The van der Waals surface area contributed by atoms with Gasteiger partial charge in [0.15, 0.2) is 5.96 Å². The molecule has 1 aromatic rings. The average molecular weight is 323 g/mol. The van der Waals surface area contributed by atoms with E-state index in [2.05, 4.69) is 43.3 Å². The lowest BCUT2D eigenvalue weighted by Crippen LogP contribution is -2.42. The van der Waals surface area contributed by atoms with Crippen molar-refractivity contribution in [2.45, 2.75) is 59.7 Å². The summed E-state index contributed by atoms with van der Waals surface area (Å²) in [4.78, 5) is 4.22. The zero-order valence-corrected chi connectivity index (χ0v) is 14.9. The summed E-state index contributed by atoms with van der Waals surface area (Å²) in [6, 6.07) is 5.07. The van der Waals surface area contributed by atoms with E-state index in [9.17, 15) is 4.39 Å². The number of aliphatic hydroxyl groups is 1. The lowest BCUT2D eigenvalue weighted by molar-refractivity contribution is 0.275. The normalized spacial score (nSPS) is 13.8. The van der Waals surface area contributed by atoms with Crippen molar-refractivity contribution in [1.82, 2.24) is 10.6 Å². The molecule has 1 rings (SSSR count). The fourth-order valence-corrected chi connectivity index (χ4v) is 2.19. The third-order valence-electron chi connectivity index (χ3n) is 3.67. The van der Waals surface area contributed by atoms with Gasteiger partial charge in [0.2, 0.25) is 0 Å². The van der Waals surface area contributed by atoms with Crippen LogP contribution in [0.3, 0.4) is 0 Å². The number of hydrogen-bond acceptors (Lipinski definition) is 2. The number of nitrogens with one attached hydrogen (secondary N) is 2. The average Bonchev–Trinajstić information content (AvgIpc) is 2.50. The van der Waals surface area contributed by atoms with Crippen LogP contribution in [-0.2, 0) is 13.2 Å². The smallest absolute Gasteiger partial charge is 0.191 e. The van der Waals surface area contributed by atoms with Crippen molar-refractivity contribution in [3.63, 3.8) is 0 Å². The first-order valence-electron chi connectivity index (χ1n) is 8.10. The van der Waals surface area contributed by atoms with Crippen LogP contribution >= 0.6 is 0 Å². The first kappa shape index (κ1) is 19.4. The van der Waals surface area contributed by atoms with Gasteiger partial charge in [0.1, 0.15) is 5.82 Å². The van der Waals surface area contributed by atoms with E-state index in [4.69, 9.17) is 5.11 Å². The molecule has 1 unspecified atom stereocenters. The van der Waals surface area contributed by atoms with Crippen LogP contribution in [0.15, 0.2) is 23.2 Å². The van der Waals surface area contributed by atoms with Crippen LogP contribution < -0.4 is 10.6 Å². The maximum atomic E-state index is 13.4. The van der Waals surface area contributed by atoms with Crippen molar-refractivity contribution >= 4 is 5.96 Å². The molecule has 0 radical (unpaired) electrons. The monoisotopic (exact) mass is 323 g/mol. The minimum Gasteiger partial charge on any atom is -0.392 e. The Morgan fingerprint density at radius 3 is 2.61 bits per heavy atom. The second-order valence-electron chi connectivity index (χ2n) is 7.15. The summed E-state index contributed by atoms with van der Waals surface area (Å²) in [7, 11) is 1.73. The topological polar surface area (TPSA) is 56.7 Å². The minimum atomic E-state index is -0.380. The van der Waals surface area contributed by atoms with Crippen molar-refractivity contribution in [2.24, 2.45) is 10.4 Å². The number of rotatable bonds is 6. The molecule has 23 heavy (non-hydrogen) atoms. The summed E-state index contributed by atoms with van der Waals surface area (Å²) in [6.45, 7) is 9.08. The van der Waals surface area contributed by atoms with Crippen LogP contribution in [0, 0.1) is 11.2 Å². The molecule has 0 saturated carbocycles. The van der Waals surface area contributed by atoms with Crippen LogP contribution in [0.4, 0.5) is 4.39 Å². The predicted molar refractivity (Wildman–Crippen MR) is 93.8 cm³/mol. The summed E-state index contributed by atoms with van der Waals surface area (Å²) >= 11 is 0. The van der Waals surface area contributed by atoms with E-state index in [1.54, 1.807) is 19.2 Å². The van der Waals surface area contributed by atoms with Gasteiger partial charge in [-0.2, -0.15) is 0 Å². The summed E-state index contributed by atoms with van der Waals surface area (Å²) < 4.78 is 13.4. The molecule has 0 bridgehead atoms. The van der Waals surface area contributed by atoms with Gasteiger partial charge in [0, 0.05) is 25.2 Å². The lowest BCUT2D eigenvalue weighted by Gasteiger charge is -2.23. The Balaban J connectivity index is 2.51. The first-order chi connectivity index (χ1) is 10.7. The maximum Gasteiger partial charge on any atom is 0.191 e. The van der Waals surface area contributed by atoms with Crippen molar-refractivity contribution in [1.29, 1.82) is 0 Å². The highest BCUT2D eigenvalue weighted by atomic mass is 19.1. The molecule has 0 heterocycles. The van der Waals surface area contributed by atoms with Gasteiger partial charge < -0.3 is 15.7 Å². The number of guanidine groups is 1. The Labute approximate surface area is 139 Å². The van der Waals surface area contributed by atoms with Gasteiger partial charge in [-0.15, -0.1) is 0 Å². The third-order valence-corrected chi connectivity index (χ3v) is 3.67. The van der Waals surface area contributed by atoms with E-state index in [0.717, 1.165) is 24.4 Å². The third kappa shape index (κ3) is 7.46. The number of hydrogen-bond donors (Lipinski definition) is 3. The van der Waals surface area contributed by atoms with Gasteiger partial charge in [-0.1, -0.05) is 26.8 Å². The zero-order chi connectivity index (χ0) is 17.5. The first-order valence-corrected chi connectivity index (χ1v) is 8.10. The van der Waals surface area contributed by atoms with E-state index < -0.39 is 0 Å². The highest BCUT2D eigenvalue weighted by Crippen LogP contribution is 2.21. The molecule has 0 aliphatic heterocycles. The quantitative estimate of drug-likeness (QED) is 0.556. The summed E-state index contributed by atoms with van der Waals surface area (Å²) in [5.41, 5.74) is 1.54. The molecule has 0 aliphatic rings. The minimum absolute atomic E-state index is 0.295. The summed E-state index contributed by atoms with van der Waals surface area (Å²) in [5.74, 6) is 0.343. The van der Waals surface area contributed by atoms with Gasteiger partial charge >= 0.3 is 0 Å². The molecule has 0 spiro atoms. The molecule has 0 aliphatic carbocycles. The standard InChI is InChI=1S/C18H30FN3O/c1-13(8-9-18(2,3)4)22-17(20-5)21-11-14-6-7-16(19)15(10-14)12-23/h6-7,10,13,23H,8-9,11-12H2,1-5H3,(H2,20,21,22).